The Kier molecular flexibility index (Phi) is 5.10. The Morgan fingerprint density at radius 3 is 2.38 bits per heavy atom. The number of benzene rings is 2. The van der Waals surface area contributed by atoms with E-state index in [0.717, 1.165) is 0 Å². The van der Waals surface area contributed by atoms with Crippen molar-refractivity contribution in [2.45, 2.75) is 10.9 Å². The van der Waals surface area contributed by atoms with E-state index in [9.17, 15) is 8.42 Å². The third-order valence-corrected chi connectivity index (χ3v) is 4.95. The van der Waals surface area contributed by atoms with Crippen molar-refractivity contribution < 1.29 is 8.42 Å². The molecule has 7 heteroatoms. The van der Waals surface area contributed by atoms with Gasteiger partial charge in [-0.2, -0.15) is 4.72 Å². The van der Waals surface area contributed by atoms with Crippen LogP contribution in [-0.4, -0.2) is 13.4 Å². The minimum atomic E-state index is -3.72. The lowest BCUT2D eigenvalue weighted by Crippen LogP contribution is -2.36. The molecule has 3 N–H and O–H groups in total. The van der Waals surface area contributed by atoms with E-state index in [-0.39, 0.29) is 9.88 Å². The largest absolute Gasteiger partial charge is 0.392 e. The summed E-state index contributed by atoms with van der Waals surface area (Å²) in [6.45, 7) is 0. The van der Waals surface area contributed by atoms with Gasteiger partial charge in [0.15, 0.2) is 0 Å². The van der Waals surface area contributed by atoms with Crippen LogP contribution in [0.1, 0.15) is 11.6 Å². The van der Waals surface area contributed by atoms with Gasteiger partial charge in [-0.15, -0.1) is 0 Å². The summed E-state index contributed by atoms with van der Waals surface area (Å²) in [6, 6.07) is 14.7. The molecule has 2 rings (SSSR count). The summed E-state index contributed by atoms with van der Waals surface area (Å²) in [6.07, 6.45) is 0. The Labute approximate surface area is 137 Å². The fraction of sp³-hybridized carbons (Fsp3) is 0.0714. The average molecular weight is 385 g/mol. The molecule has 0 fully saturated rings. The molecule has 2 aromatic rings. The van der Waals surface area contributed by atoms with Crippen molar-refractivity contribution in [1.82, 2.24) is 4.72 Å². The number of rotatable bonds is 5. The maximum atomic E-state index is 12.4. The third-order valence-electron chi connectivity index (χ3n) is 2.80. The minimum absolute atomic E-state index is 0.0692. The molecule has 0 heterocycles. The van der Waals surface area contributed by atoms with E-state index in [0.29, 0.717) is 10.0 Å². The van der Waals surface area contributed by atoms with Crippen LogP contribution < -0.4 is 10.5 Å². The zero-order valence-electron chi connectivity index (χ0n) is 10.9. The highest BCUT2D eigenvalue weighted by molar-refractivity contribution is 9.10. The molecule has 0 aromatic heterocycles. The smallest absolute Gasteiger partial charge is 0.241 e. The predicted octanol–water partition coefficient (Wildman–Crippen LogP) is 2.75. The summed E-state index contributed by atoms with van der Waals surface area (Å²) < 4.78 is 28.1. The lowest BCUT2D eigenvalue weighted by atomic mass is 10.1. The summed E-state index contributed by atoms with van der Waals surface area (Å²) >= 11 is 8.24. The fourth-order valence-electron chi connectivity index (χ4n) is 1.79. The quantitative estimate of drug-likeness (QED) is 0.777. The molecule has 21 heavy (non-hydrogen) atoms. The Hall–Kier alpha value is -1.28. The van der Waals surface area contributed by atoms with Gasteiger partial charge in [-0.3, -0.25) is 0 Å². The molecule has 0 aliphatic heterocycles. The first-order valence-corrected chi connectivity index (χ1v) is 8.71. The lowest BCUT2D eigenvalue weighted by molar-refractivity contribution is 0.577. The second kappa shape index (κ2) is 6.65. The summed E-state index contributed by atoms with van der Waals surface area (Å²) in [4.78, 5) is 0.217. The number of nitrogens with two attached hydrogens (primary N) is 1. The lowest BCUT2D eigenvalue weighted by Gasteiger charge is -2.18. The van der Waals surface area contributed by atoms with Crippen molar-refractivity contribution in [1.29, 1.82) is 0 Å². The monoisotopic (exact) mass is 384 g/mol. The van der Waals surface area contributed by atoms with Crippen molar-refractivity contribution in [2.75, 3.05) is 0 Å². The van der Waals surface area contributed by atoms with Crippen LogP contribution in [0.15, 0.2) is 64.0 Å². The van der Waals surface area contributed by atoms with Crippen molar-refractivity contribution in [2.24, 2.45) is 5.73 Å². The number of thiocarbonyl (C=S) groups is 1. The van der Waals surface area contributed by atoms with Gasteiger partial charge in [0.1, 0.15) is 0 Å². The second-order valence-electron chi connectivity index (χ2n) is 4.32. The van der Waals surface area contributed by atoms with E-state index >= 15 is 0 Å². The maximum Gasteiger partial charge on any atom is 0.241 e. The Morgan fingerprint density at radius 2 is 1.81 bits per heavy atom. The normalized spacial score (nSPS) is 12.8. The zero-order valence-corrected chi connectivity index (χ0v) is 14.1. The molecule has 0 radical (unpaired) electrons. The van der Waals surface area contributed by atoms with Crippen LogP contribution in [0.25, 0.3) is 0 Å². The van der Waals surface area contributed by atoms with Gasteiger partial charge in [0.25, 0.3) is 0 Å². The van der Waals surface area contributed by atoms with Gasteiger partial charge in [0, 0.05) is 4.47 Å². The van der Waals surface area contributed by atoms with Crippen molar-refractivity contribution >= 4 is 43.2 Å². The highest BCUT2D eigenvalue weighted by Gasteiger charge is 2.23. The van der Waals surface area contributed by atoms with Gasteiger partial charge < -0.3 is 5.73 Å². The van der Waals surface area contributed by atoms with E-state index in [1.807, 2.05) is 6.07 Å². The zero-order chi connectivity index (χ0) is 15.5. The predicted molar refractivity (Wildman–Crippen MR) is 90.4 cm³/mol. The van der Waals surface area contributed by atoms with Gasteiger partial charge in [0.05, 0.1) is 15.9 Å². The molecule has 0 amide bonds. The standard InChI is InChI=1S/C14H13BrN2O2S2/c15-11-7-4-8-12(9-11)21(18,19)17-13(14(16)20)10-5-2-1-3-6-10/h1-9,13,17H,(H2,16,20). The van der Waals surface area contributed by atoms with Crippen LogP contribution >= 0.6 is 28.1 Å². The average Bonchev–Trinajstić information content (AvgIpc) is 2.45. The molecule has 0 aliphatic rings. The molecular formula is C14H13BrN2O2S2. The van der Waals surface area contributed by atoms with Crippen LogP contribution in [0.3, 0.4) is 0 Å². The first-order valence-electron chi connectivity index (χ1n) is 6.02. The van der Waals surface area contributed by atoms with Crippen LogP contribution in [0, 0.1) is 0 Å². The second-order valence-corrected chi connectivity index (χ2v) is 7.43. The molecule has 2 aromatic carbocycles. The van der Waals surface area contributed by atoms with E-state index in [1.165, 1.54) is 12.1 Å². The first-order chi connectivity index (χ1) is 9.90. The molecule has 0 saturated heterocycles. The molecule has 0 aliphatic carbocycles. The molecular weight excluding hydrogens is 372 g/mol. The van der Waals surface area contributed by atoms with Gasteiger partial charge in [-0.05, 0) is 23.8 Å². The SMILES string of the molecule is NC(=S)C(NS(=O)(=O)c1cccc(Br)c1)c1ccccc1. The number of nitrogens with one attached hydrogen (secondary N) is 1. The highest BCUT2D eigenvalue weighted by Crippen LogP contribution is 2.20. The van der Waals surface area contributed by atoms with Crippen LogP contribution in [-0.2, 0) is 10.0 Å². The maximum absolute atomic E-state index is 12.4. The Morgan fingerprint density at radius 1 is 1.14 bits per heavy atom. The van der Waals surface area contributed by atoms with Gasteiger partial charge in [0.2, 0.25) is 10.0 Å². The Balaban J connectivity index is 2.35. The van der Waals surface area contributed by atoms with Crippen molar-refractivity contribution in [3.63, 3.8) is 0 Å². The number of sulfonamides is 1. The van der Waals surface area contributed by atoms with Crippen LogP contribution in [0.5, 0.6) is 0 Å². The number of hydrogen-bond acceptors (Lipinski definition) is 3. The molecule has 0 saturated carbocycles. The van der Waals surface area contributed by atoms with Crippen LogP contribution in [0.4, 0.5) is 0 Å². The van der Waals surface area contributed by atoms with E-state index in [1.54, 1.807) is 36.4 Å². The topological polar surface area (TPSA) is 72.2 Å². The van der Waals surface area contributed by atoms with Gasteiger partial charge >= 0.3 is 0 Å². The molecule has 0 bridgehead atoms. The number of halogens is 1. The summed E-state index contributed by atoms with van der Waals surface area (Å²) in [7, 11) is -3.72. The molecule has 0 spiro atoms. The molecule has 1 unspecified atom stereocenters. The minimum Gasteiger partial charge on any atom is -0.392 e. The molecule has 1 atom stereocenters. The summed E-state index contributed by atoms with van der Waals surface area (Å²) in [5, 5.41) is 0. The van der Waals surface area contributed by atoms with E-state index in [4.69, 9.17) is 18.0 Å². The van der Waals surface area contributed by atoms with Gasteiger partial charge in [-0.25, -0.2) is 8.42 Å². The van der Waals surface area contributed by atoms with Crippen LogP contribution in [0.2, 0.25) is 0 Å². The highest BCUT2D eigenvalue weighted by atomic mass is 79.9. The summed E-state index contributed by atoms with van der Waals surface area (Å²) in [5.74, 6) is 0. The van der Waals surface area contributed by atoms with E-state index in [2.05, 4.69) is 20.7 Å². The Bertz CT molecular complexity index is 749. The first kappa shape index (κ1) is 16.1. The molecule has 4 nitrogen and oxygen atoms in total. The number of hydrogen-bond donors (Lipinski definition) is 2. The third kappa shape index (κ3) is 4.10. The van der Waals surface area contributed by atoms with Crippen molar-refractivity contribution in [3.8, 4) is 0 Å². The van der Waals surface area contributed by atoms with E-state index < -0.39 is 16.1 Å². The fourth-order valence-corrected chi connectivity index (χ4v) is 3.86. The summed E-state index contributed by atoms with van der Waals surface area (Å²) in [5.41, 5.74) is 6.38. The molecule has 110 valence electrons. The van der Waals surface area contributed by atoms with Crippen molar-refractivity contribution in [3.05, 3.63) is 64.6 Å². The van der Waals surface area contributed by atoms with Gasteiger partial charge in [-0.1, -0.05) is 64.5 Å².